The van der Waals surface area contributed by atoms with Crippen LogP contribution in [0.2, 0.25) is 0 Å². The Labute approximate surface area is 159 Å². The number of carbonyl (C=O) groups excluding carboxylic acids is 1. The summed E-state index contributed by atoms with van der Waals surface area (Å²) in [6.07, 6.45) is 3.70. The molecule has 0 radical (unpaired) electrons. The average molecular weight is 405 g/mol. The van der Waals surface area contributed by atoms with Crippen LogP contribution in [0.15, 0.2) is 53.7 Å². The molecule has 3 heterocycles. The Balaban J connectivity index is 1.48. The Morgan fingerprint density at radius 1 is 1.19 bits per heavy atom. The van der Waals surface area contributed by atoms with Gasteiger partial charge in [0.2, 0.25) is 0 Å². The van der Waals surface area contributed by atoms with E-state index in [0.29, 0.717) is 15.7 Å². The van der Waals surface area contributed by atoms with Crippen LogP contribution in [0.1, 0.15) is 15.4 Å². The molecule has 1 fully saturated rings. The number of nitrogens with zero attached hydrogens (tertiary/aromatic N) is 3. The van der Waals surface area contributed by atoms with Gasteiger partial charge in [-0.25, -0.2) is 17.8 Å². The zero-order valence-corrected chi connectivity index (χ0v) is 16.0. The molecule has 1 saturated heterocycles. The maximum atomic E-state index is 13.0. The summed E-state index contributed by atoms with van der Waals surface area (Å²) in [6, 6.07) is 8.50. The fourth-order valence-electron chi connectivity index (χ4n) is 2.91. The van der Waals surface area contributed by atoms with Crippen molar-refractivity contribution in [3.05, 3.63) is 65.2 Å². The molecule has 2 aromatic heterocycles. The monoisotopic (exact) mass is 405 g/mol. The van der Waals surface area contributed by atoms with Crippen LogP contribution < -0.4 is 0 Å². The van der Waals surface area contributed by atoms with Gasteiger partial charge in [0, 0.05) is 25.5 Å². The molecule has 9 heteroatoms. The average Bonchev–Trinajstić information content (AvgIpc) is 3.22. The van der Waals surface area contributed by atoms with E-state index in [1.165, 1.54) is 28.4 Å². The van der Waals surface area contributed by atoms with Crippen molar-refractivity contribution in [3.63, 3.8) is 0 Å². The van der Waals surface area contributed by atoms with Crippen LogP contribution in [0.3, 0.4) is 0 Å². The van der Waals surface area contributed by atoms with E-state index in [9.17, 15) is 17.6 Å². The number of aromatic nitrogens is 2. The number of hydrogen-bond acceptors (Lipinski definition) is 5. The first-order valence-corrected chi connectivity index (χ1v) is 10.6. The number of amides is 1. The summed E-state index contributed by atoms with van der Waals surface area (Å²) in [6.45, 7) is 2.01. The third kappa shape index (κ3) is 3.17. The number of benzene rings is 1. The Morgan fingerprint density at radius 3 is 2.44 bits per heavy atom. The number of carbonyl (C=O) groups is 1. The zero-order valence-electron chi connectivity index (χ0n) is 14.4. The maximum Gasteiger partial charge on any atom is 0.266 e. The minimum Gasteiger partial charge on any atom is -0.335 e. The Morgan fingerprint density at radius 2 is 1.81 bits per heavy atom. The molecule has 0 bridgehead atoms. The summed E-state index contributed by atoms with van der Waals surface area (Å²) < 4.78 is 40.0. The van der Waals surface area contributed by atoms with Crippen molar-refractivity contribution in [2.45, 2.75) is 17.1 Å². The lowest BCUT2D eigenvalue weighted by Gasteiger charge is -2.38. The molecule has 0 unspecified atom stereocenters. The molecule has 3 aromatic rings. The van der Waals surface area contributed by atoms with Crippen molar-refractivity contribution in [2.75, 3.05) is 13.1 Å². The molecular weight excluding hydrogens is 389 g/mol. The first kappa shape index (κ1) is 17.9. The lowest BCUT2D eigenvalue weighted by molar-refractivity contribution is 0.0663. The Kier molecular flexibility index (Phi) is 4.35. The highest BCUT2D eigenvalue weighted by Gasteiger charge is 2.41. The number of hydrogen-bond donors (Lipinski definition) is 0. The second kappa shape index (κ2) is 6.58. The van der Waals surface area contributed by atoms with Gasteiger partial charge in [-0.1, -0.05) is 11.3 Å². The van der Waals surface area contributed by atoms with Crippen LogP contribution in [0, 0.1) is 12.7 Å². The van der Waals surface area contributed by atoms with Gasteiger partial charge in [0.25, 0.3) is 5.91 Å². The van der Waals surface area contributed by atoms with Gasteiger partial charge in [0.05, 0.1) is 10.6 Å². The molecule has 27 heavy (non-hydrogen) atoms. The first-order chi connectivity index (χ1) is 12.9. The van der Waals surface area contributed by atoms with E-state index in [4.69, 9.17) is 0 Å². The zero-order chi connectivity index (χ0) is 19.2. The van der Waals surface area contributed by atoms with Gasteiger partial charge in [0.15, 0.2) is 15.0 Å². The summed E-state index contributed by atoms with van der Waals surface area (Å²) >= 11 is 1.28. The van der Waals surface area contributed by atoms with Crippen LogP contribution in [0.5, 0.6) is 0 Å². The van der Waals surface area contributed by atoms with E-state index in [-0.39, 0.29) is 23.9 Å². The topological polar surface area (TPSA) is 72.3 Å². The minimum absolute atomic E-state index is 0.0739. The molecule has 0 atom stereocenters. The molecule has 0 N–H and O–H groups in total. The van der Waals surface area contributed by atoms with Gasteiger partial charge in [-0.2, -0.15) is 0 Å². The van der Waals surface area contributed by atoms with Crippen LogP contribution in [0.4, 0.5) is 4.39 Å². The normalized spacial score (nSPS) is 15.0. The third-order valence-electron chi connectivity index (χ3n) is 4.52. The van der Waals surface area contributed by atoms with E-state index in [1.54, 1.807) is 6.92 Å². The second-order valence-electron chi connectivity index (χ2n) is 6.33. The molecule has 0 aliphatic carbocycles. The first-order valence-electron chi connectivity index (χ1n) is 8.26. The van der Waals surface area contributed by atoms with E-state index in [0.717, 1.165) is 12.1 Å². The van der Waals surface area contributed by atoms with E-state index in [2.05, 4.69) is 4.98 Å². The molecule has 4 rings (SSSR count). The highest BCUT2D eigenvalue weighted by atomic mass is 32.2. The highest BCUT2D eigenvalue weighted by molar-refractivity contribution is 7.92. The summed E-state index contributed by atoms with van der Waals surface area (Å²) in [4.78, 5) is 19.2. The van der Waals surface area contributed by atoms with Crippen molar-refractivity contribution >= 4 is 27.1 Å². The van der Waals surface area contributed by atoms with Gasteiger partial charge in [-0.05, 0) is 43.3 Å². The van der Waals surface area contributed by atoms with Crippen molar-refractivity contribution in [1.82, 2.24) is 14.5 Å². The van der Waals surface area contributed by atoms with Crippen LogP contribution >= 0.6 is 11.3 Å². The number of likely N-dealkylation sites (tertiary alicyclic amines) is 1. The summed E-state index contributed by atoms with van der Waals surface area (Å²) in [7, 11) is -3.58. The van der Waals surface area contributed by atoms with E-state index in [1.807, 2.05) is 29.1 Å². The van der Waals surface area contributed by atoms with E-state index >= 15 is 0 Å². The number of sulfone groups is 1. The van der Waals surface area contributed by atoms with Crippen molar-refractivity contribution in [3.8, 4) is 5.13 Å². The molecule has 0 saturated carbocycles. The fourth-order valence-corrected chi connectivity index (χ4v) is 5.57. The SMILES string of the molecule is Cc1nc(-n2cccc2)sc1C(=O)N1CC(S(=O)(=O)c2ccc(F)cc2)C1. The fraction of sp³-hybridized carbons (Fsp3) is 0.222. The molecule has 140 valence electrons. The largest absolute Gasteiger partial charge is 0.335 e. The Hall–Kier alpha value is -2.52. The lowest BCUT2D eigenvalue weighted by Crippen LogP contribution is -2.56. The number of aryl methyl sites for hydroxylation is 1. The summed E-state index contributed by atoms with van der Waals surface area (Å²) in [5.41, 5.74) is 0.624. The van der Waals surface area contributed by atoms with Crippen LogP contribution in [-0.2, 0) is 9.84 Å². The number of rotatable bonds is 4. The van der Waals surface area contributed by atoms with Gasteiger partial charge in [0.1, 0.15) is 15.9 Å². The van der Waals surface area contributed by atoms with Crippen LogP contribution in [0.25, 0.3) is 5.13 Å². The van der Waals surface area contributed by atoms with Gasteiger partial charge >= 0.3 is 0 Å². The molecule has 1 aliphatic heterocycles. The standard InChI is InChI=1S/C18H16FN3O3S2/c1-12-16(26-18(20-12)21-8-2-3-9-21)17(23)22-10-15(11-22)27(24,25)14-6-4-13(19)5-7-14/h2-9,15H,10-11H2,1H3. The molecule has 1 aromatic carbocycles. The maximum absolute atomic E-state index is 13.0. The molecule has 0 spiro atoms. The molecule has 6 nitrogen and oxygen atoms in total. The molecular formula is C18H16FN3O3S2. The lowest BCUT2D eigenvalue weighted by atomic mass is 10.2. The minimum atomic E-state index is -3.58. The van der Waals surface area contributed by atoms with Crippen LogP contribution in [-0.4, -0.2) is 47.1 Å². The van der Waals surface area contributed by atoms with Crippen molar-refractivity contribution < 1.29 is 17.6 Å². The summed E-state index contributed by atoms with van der Waals surface area (Å²) in [5.74, 6) is -0.701. The molecule has 1 aliphatic rings. The predicted octanol–water partition coefficient (Wildman–Crippen LogP) is 2.68. The van der Waals surface area contributed by atoms with E-state index < -0.39 is 20.9 Å². The Bertz CT molecular complexity index is 1080. The van der Waals surface area contributed by atoms with Crippen molar-refractivity contribution in [1.29, 1.82) is 0 Å². The van der Waals surface area contributed by atoms with Crippen molar-refractivity contribution in [2.24, 2.45) is 0 Å². The smallest absolute Gasteiger partial charge is 0.266 e. The second-order valence-corrected chi connectivity index (χ2v) is 9.54. The van der Waals surface area contributed by atoms with Gasteiger partial charge in [-0.3, -0.25) is 4.79 Å². The quantitative estimate of drug-likeness (QED) is 0.626. The predicted molar refractivity (Wildman–Crippen MR) is 99.5 cm³/mol. The molecule has 1 amide bonds. The van der Waals surface area contributed by atoms with Gasteiger partial charge < -0.3 is 9.47 Å². The third-order valence-corrected chi connectivity index (χ3v) is 7.79. The number of thiazole rings is 1. The number of halogens is 1. The highest BCUT2D eigenvalue weighted by Crippen LogP contribution is 2.29. The van der Waals surface area contributed by atoms with Gasteiger partial charge in [-0.15, -0.1) is 0 Å². The summed E-state index contributed by atoms with van der Waals surface area (Å²) in [5, 5.41) is 0.0147.